The zero-order valence-corrected chi connectivity index (χ0v) is 13.3. The van der Waals surface area contributed by atoms with Crippen LogP contribution in [0.4, 0.5) is 13.2 Å². The number of rotatable bonds is 5. The standard InChI is InChI=1S/C15H16F3N3O3/c1-21-11(7-13(20-21)15(16,17)18)14(22)19-8-9-4-5-10(23-2)6-12(9)24-3/h4-7H,8H2,1-3H3,(H,19,22). The van der Waals surface area contributed by atoms with E-state index in [0.717, 1.165) is 4.68 Å². The van der Waals surface area contributed by atoms with Gasteiger partial charge >= 0.3 is 6.18 Å². The van der Waals surface area contributed by atoms with Crippen LogP contribution in [0.1, 0.15) is 21.7 Å². The molecule has 6 nitrogen and oxygen atoms in total. The first-order valence-corrected chi connectivity index (χ1v) is 6.86. The number of carbonyl (C=O) groups is 1. The quantitative estimate of drug-likeness (QED) is 0.905. The lowest BCUT2D eigenvalue weighted by atomic mass is 10.2. The molecule has 1 N–H and O–H groups in total. The molecule has 1 heterocycles. The molecule has 0 aliphatic carbocycles. The van der Waals surface area contributed by atoms with Gasteiger partial charge in [0.2, 0.25) is 0 Å². The largest absolute Gasteiger partial charge is 0.497 e. The molecular formula is C15H16F3N3O3. The van der Waals surface area contributed by atoms with Crippen molar-refractivity contribution in [2.24, 2.45) is 7.05 Å². The number of nitrogens with zero attached hydrogens (tertiary/aromatic N) is 2. The van der Waals surface area contributed by atoms with Gasteiger partial charge in [-0.2, -0.15) is 18.3 Å². The number of ether oxygens (including phenoxy) is 2. The number of carbonyl (C=O) groups excluding carboxylic acids is 1. The Bertz CT molecular complexity index is 741. The third kappa shape index (κ3) is 3.79. The predicted molar refractivity (Wildman–Crippen MR) is 78.9 cm³/mol. The van der Waals surface area contributed by atoms with Crippen LogP contribution in [-0.4, -0.2) is 29.9 Å². The first kappa shape index (κ1) is 17.6. The number of amides is 1. The Morgan fingerprint density at radius 2 is 1.96 bits per heavy atom. The van der Waals surface area contributed by atoms with Crippen molar-refractivity contribution in [1.82, 2.24) is 15.1 Å². The summed E-state index contributed by atoms with van der Waals surface area (Å²) in [7, 11) is 4.26. The minimum absolute atomic E-state index is 0.0819. The van der Waals surface area contributed by atoms with E-state index in [1.54, 1.807) is 18.2 Å². The fraction of sp³-hybridized carbons (Fsp3) is 0.333. The summed E-state index contributed by atoms with van der Waals surface area (Å²) in [5.41, 5.74) is -0.642. The van der Waals surface area contributed by atoms with Crippen molar-refractivity contribution in [3.63, 3.8) is 0 Å². The Balaban J connectivity index is 2.13. The molecule has 9 heteroatoms. The monoisotopic (exact) mass is 343 g/mol. The summed E-state index contributed by atoms with van der Waals surface area (Å²) in [4.78, 5) is 12.1. The van der Waals surface area contributed by atoms with Gasteiger partial charge in [-0.25, -0.2) is 0 Å². The molecule has 1 amide bonds. The minimum atomic E-state index is -4.60. The van der Waals surface area contributed by atoms with E-state index in [2.05, 4.69) is 10.4 Å². The molecule has 24 heavy (non-hydrogen) atoms. The second-order valence-electron chi connectivity index (χ2n) is 4.90. The lowest BCUT2D eigenvalue weighted by Crippen LogP contribution is -2.25. The SMILES string of the molecule is COc1ccc(CNC(=O)c2cc(C(F)(F)F)nn2C)c(OC)c1. The van der Waals surface area contributed by atoms with Crippen LogP contribution in [0.2, 0.25) is 0 Å². The number of aromatic nitrogens is 2. The Hall–Kier alpha value is -2.71. The van der Waals surface area contributed by atoms with Crippen LogP contribution in [0.5, 0.6) is 11.5 Å². The Morgan fingerprint density at radius 3 is 2.50 bits per heavy atom. The van der Waals surface area contributed by atoms with Gasteiger partial charge in [0.15, 0.2) is 5.69 Å². The van der Waals surface area contributed by atoms with Gasteiger partial charge in [0.05, 0.1) is 14.2 Å². The van der Waals surface area contributed by atoms with Gasteiger partial charge in [0.1, 0.15) is 17.2 Å². The topological polar surface area (TPSA) is 65.4 Å². The fourth-order valence-electron chi connectivity index (χ4n) is 2.08. The average Bonchev–Trinajstić information content (AvgIpc) is 2.94. The van der Waals surface area contributed by atoms with Crippen molar-refractivity contribution in [2.45, 2.75) is 12.7 Å². The molecule has 0 aliphatic heterocycles. The number of aryl methyl sites for hydroxylation is 1. The Kier molecular flexibility index (Phi) is 5.01. The van der Waals surface area contributed by atoms with Gasteiger partial charge in [-0.3, -0.25) is 9.48 Å². The van der Waals surface area contributed by atoms with Gasteiger partial charge in [-0.1, -0.05) is 0 Å². The molecule has 0 saturated heterocycles. The van der Waals surface area contributed by atoms with Crippen molar-refractivity contribution < 1.29 is 27.4 Å². The van der Waals surface area contributed by atoms with Gasteiger partial charge in [0, 0.05) is 31.3 Å². The van der Waals surface area contributed by atoms with Gasteiger partial charge < -0.3 is 14.8 Å². The number of hydrogen-bond donors (Lipinski definition) is 1. The van der Waals surface area contributed by atoms with Crippen molar-refractivity contribution in [2.75, 3.05) is 14.2 Å². The molecule has 1 aromatic carbocycles. The second-order valence-corrected chi connectivity index (χ2v) is 4.90. The molecule has 0 radical (unpaired) electrons. The maximum absolute atomic E-state index is 12.6. The van der Waals surface area contributed by atoms with E-state index < -0.39 is 17.8 Å². The highest BCUT2D eigenvalue weighted by Crippen LogP contribution is 2.28. The number of hydrogen-bond acceptors (Lipinski definition) is 4. The average molecular weight is 343 g/mol. The number of methoxy groups -OCH3 is 2. The highest BCUT2D eigenvalue weighted by atomic mass is 19.4. The van der Waals surface area contributed by atoms with Gasteiger partial charge in [-0.15, -0.1) is 0 Å². The van der Waals surface area contributed by atoms with Gasteiger partial charge in [0.25, 0.3) is 5.91 Å². The zero-order chi connectivity index (χ0) is 17.9. The van der Waals surface area contributed by atoms with Crippen LogP contribution < -0.4 is 14.8 Å². The summed E-state index contributed by atoms with van der Waals surface area (Å²) >= 11 is 0. The molecule has 0 saturated carbocycles. The first-order chi connectivity index (χ1) is 11.3. The van der Waals surface area contributed by atoms with E-state index in [0.29, 0.717) is 23.1 Å². The molecule has 130 valence electrons. The molecule has 2 aromatic rings. The number of nitrogens with one attached hydrogen (secondary N) is 1. The highest BCUT2D eigenvalue weighted by molar-refractivity contribution is 5.92. The predicted octanol–water partition coefficient (Wildman–Crippen LogP) is 2.39. The van der Waals surface area contributed by atoms with Crippen LogP contribution in [0.3, 0.4) is 0 Å². The van der Waals surface area contributed by atoms with E-state index in [4.69, 9.17) is 9.47 Å². The molecular weight excluding hydrogens is 327 g/mol. The van der Waals surface area contributed by atoms with E-state index in [1.165, 1.54) is 21.3 Å². The number of benzene rings is 1. The maximum Gasteiger partial charge on any atom is 0.435 e. The van der Waals surface area contributed by atoms with E-state index in [1.807, 2.05) is 0 Å². The molecule has 0 atom stereocenters. The lowest BCUT2D eigenvalue weighted by Gasteiger charge is -2.11. The molecule has 0 fully saturated rings. The molecule has 0 unspecified atom stereocenters. The summed E-state index contributed by atoms with van der Waals surface area (Å²) in [6.07, 6.45) is -4.60. The maximum atomic E-state index is 12.6. The van der Waals surface area contributed by atoms with Crippen LogP contribution in [0, 0.1) is 0 Å². The van der Waals surface area contributed by atoms with Crippen LogP contribution in [-0.2, 0) is 19.8 Å². The van der Waals surface area contributed by atoms with Crippen LogP contribution in [0.15, 0.2) is 24.3 Å². The van der Waals surface area contributed by atoms with E-state index >= 15 is 0 Å². The second kappa shape index (κ2) is 6.81. The lowest BCUT2D eigenvalue weighted by molar-refractivity contribution is -0.141. The summed E-state index contributed by atoms with van der Waals surface area (Å²) in [6, 6.07) is 5.74. The molecule has 2 rings (SSSR count). The van der Waals surface area contributed by atoms with E-state index in [9.17, 15) is 18.0 Å². The van der Waals surface area contributed by atoms with Crippen molar-refractivity contribution in [3.8, 4) is 11.5 Å². The van der Waals surface area contributed by atoms with E-state index in [-0.39, 0.29) is 12.2 Å². The normalized spacial score (nSPS) is 11.2. The summed E-state index contributed by atoms with van der Waals surface area (Å²) in [5, 5.41) is 5.85. The Labute approximate surface area is 136 Å². The molecule has 0 spiro atoms. The fourth-order valence-corrected chi connectivity index (χ4v) is 2.08. The zero-order valence-electron chi connectivity index (χ0n) is 13.3. The molecule has 0 aliphatic rings. The number of alkyl halides is 3. The minimum Gasteiger partial charge on any atom is -0.497 e. The first-order valence-electron chi connectivity index (χ1n) is 6.86. The number of halogens is 3. The smallest absolute Gasteiger partial charge is 0.435 e. The summed E-state index contributed by atoms with van der Waals surface area (Å²) in [6.45, 7) is 0.0819. The third-order valence-corrected chi connectivity index (χ3v) is 3.34. The molecule has 1 aromatic heterocycles. The van der Waals surface area contributed by atoms with Gasteiger partial charge in [-0.05, 0) is 12.1 Å². The van der Waals surface area contributed by atoms with Crippen LogP contribution >= 0.6 is 0 Å². The van der Waals surface area contributed by atoms with Crippen molar-refractivity contribution in [1.29, 1.82) is 0 Å². The molecule has 0 bridgehead atoms. The highest BCUT2D eigenvalue weighted by Gasteiger charge is 2.35. The summed E-state index contributed by atoms with van der Waals surface area (Å²) < 4.78 is 49.1. The Morgan fingerprint density at radius 1 is 1.25 bits per heavy atom. The summed E-state index contributed by atoms with van der Waals surface area (Å²) in [5.74, 6) is 0.414. The van der Waals surface area contributed by atoms with Crippen LogP contribution in [0.25, 0.3) is 0 Å². The van der Waals surface area contributed by atoms with Crippen molar-refractivity contribution >= 4 is 5.91 Å². The van der Waals surface area contributed by atoms with Crippen molar-refractivity contribution in [3.05, 3.63) is 41.2 Å². The third-order valence-electron chi connectivity index (χ3n) is 3.34.